The summed E-state index contributed by atoms with van der Waals surface area (Å²) in [6.07, 6.45) is 0. The summed E-state index contributed by atoms with van der Waals surface area (Å²) < 4.78 is 10.4. The first-order valence-electron chi connectivity index (χ1n) is 5.69. The van der Waals surface area contributed by atoms with Crippen molar-refractivity contribution >= 4 is 11.7 Å². The lowest BCUT2D eigenvalue weighted by molar-refractivity contribution is -0.0281. The summed E-state index contributed by atoms with van der Waals surface area (Å²) in [6.45, 7) is 6.29. The number of rotatable bonds is 4. The average molecular weight is 253 g/mol. The number of ether oxygens (including phenoxy) is 2. The third kappa shape index (κ3) is 4.63. The lowest BCUT2D eigenvalue weighted by Crippen LogP contribution is -2.22. The average Bonchev–Trinajstić information content (AvgIpc) is 2.26. The summed E-state index contributed by atoms with van der Waals surface area (Å²) >= 11 is 0. The van der Waals surface area contributed by atoms with Crippen molar-refractivity contribution in [2.45, 2.75) is 26.4 Å². The molecule has 18 heavy (non-hydrogen) atoms. The van der Waals surface area contributed by atoms with Gasteiger partial charge < -0.3 is 20.3 Å². The molecule has 0 heterocycles. The lowest BCUT2D eigenvalue weighted by atomic mass is 10.2. The molecule has 0 saturated carbocycles. The van der Waals surface area contributed by atoms with E-state index < -0.39 is 5.97 Å². The van der Waals surface area contributed by atoms with Crippen molar-refractivity contribution in [3.8, 4) is 5.75 Å². The highest BCUT2D eigenvalue weighted by Gasteiger charge is 2.12. The maximum Gasteiger partial charge on any atom is 0.338 e. The number of aromatic hydroxyl groups is 1. The van der Waals surface area contributed by atoms with Gasteiger partial charge >= 0.3 is 5.97 Å². The summed E-state index contributed by atoms with van der Waals surface area (Å²) in [5.74, 6) is -0.540. The molecular formula is C13H19NO4. The van der Waals surface area contributed by atoms with Crippen molar-refractivity contribution < 1.29 is 19.4 Å². The van der Waals surface area contributed by atoms with Gasteiger partial charge in [0.05, 0.1) is 23.5 Å². The number of phenolic OH excluding ortho intramolecular Hbond substituents is 1. The fourth-order valence-electron chi connectivity index (χ4n) is 1.25. The van der Waals surface area contributed by atoms with Crippen LogP contribution in [0.5, 0.6) is 5.75 Å². The van der Waals surface area contributed by atoms with Gasteiger partial charge in [0.25, 0.3) is 0 Å². The molecule has 5 heteroatoms. The number of carbonyl (C=O) groups excluding carboxylic acids is 1. The van der Waals surface area contributed by atoms with E-state index in [0.717, 1.165) is 0 Å². The Hall–Kier alpha value is -1.75. The molecule has 0 bridgehead atoms. The van der Waals surface area contributed by atoms with Crippen LogP contribution in [0.25, 0.3) is 0 Å². The van der Waals surface area contributed by atoms with Crippen molar-refractivity contribution in [2.75, 3.05) is 18.9 Å². The first-order chi connectivity index (χ1) is 8.29. The van der Waals surface area contributed by atoms with E-state index in [1.807, 2.05) is 20.8 Å². The molecule has 0 unspecified atom stereocenters. The first kappa shape index (κ1) is 14.3. The van der Waals surface area contributed by atoms with E-state index in [2.05, 4.69) is 0 Å². The zero-order chi connectivity index (χ0) is 13.8. The van der Waals surface area contributed by atoms with Crippen LogP contribution in [0.2, 0.25) is 0 Å². The van der Waals surface area contributed by atoms with Gasteiger partial charge in [-0.2, -0.15) is 0 Å². The predicted octanol–water partition coefficient (Wildman–Crippen LogP) is 1.95. The van der Waals surface area contributed by atoms with Crippen LogP contribution in [-0.4, -0.2) is 29.9 Å². The molecule has 1 aromatic carbocycles. The molecule has 0 radical (unpaired) electrons. The summed E-state index contributed by atoms with van der Waals surface area (Å²) in [6, 6.07) is 4.19. The largest absolute Gasteiger partial charge is 0.506 e. The van der Waals surface area contributed by atoms with Gasteiger partial charge in [0.2, 0.25) is 0 Å². The van der Waals surface area contributed by atoms with Gasteiger partial charge in [0, 0.05) is 0 Å². The van der Waals surface area contributed by atoms with Gasteiger partial charge in [0.15, 0.2) is 0 Å². The molecule has 0 fully saturated rings. The van der Waals surface area contributed by atoms with Gasteiger partial charge in [-0.3, -0.25) is 0 Å². The van der Waals surface area contributed by atoms with Gasteiger partial charge in [0.1, 0.15) is 12.4 Å². The number of phenols is 1. The normalized spacial score (nSPS) is 11.3. The topological polar surface area (TPSA) is 81.8 Å². The number of esters is 1. The van der Waals surface area contributed by atoms with E-state index in [-0.39, 0.29) is 23.6 Å². The Balaban J connectivity index is 2.43. The fraction of sp³-hybridized carbons (Fsp3) is 0.462. The van der Waals surface area contributed by atoms with E-state index >= 15 is 0 Å². The summed E-state index contributed by atoms with van der Waals surface area (Å²) in [5, 5.41) is 9.23. The second kappa shape index (κ2) is 5.73. The summed E-state index contributed by atoms with van der Waals surface area (Å²) in [4.78, 5) is 11.6. The molecular weight excluding hydrogens is 234 g/mol. The highest BCUT2D eigenvalue weighted by Crippen LogP contribution is 2.20. The summed E-state index contributed by atoms with van der Waals surface area (Å²) in [7, 11) is 0. The zero-order valence-corrected chi connectivity index (χ0v) is 10.9. The SMILES string of the molecule is CC(C)(C)OCCOC(=O)c1ccc(O)c(N)c1. The molecule has 5 nitrogen and oxygen atoms in total. The number of carbonyl (C=O) groups is 1. The van der Waals surface area contributed by atoms with E-state index in [9.17, 15) is 9.90 Å². The number of anilines is 1. The number of nitrogen functional groups attached to an aromatic ring is 1. The quantitative estimate of drug-likeness (QED) is 0.371. The van der Waals surface area contributed by atoms with E-state index in [1.165, 1.54) is 18.2 Å². The Morgan fingerprint density at radius 2 is 2.00 bits per heavy atom. The molecule has 0 aliphatic heterocycles. The predicted molar refractivity (Wildman–Crippen MR) is 68.5 cm³/mol. The Morgan fingerprint density at radius 3 is 2.56 bits per heavy atom. The number of hydrogen-bond donors (Lipinski definition) is 2. The Morgan fingerprint density at radius 1 is 1.33 bits per heavy atom. The van der Waals surface area contributed by atoms with Crippen molar-refractivity contribution in [1.29, 1.82) is 0 Å². The van der Waals surface area contributed by atoms with Crippen molar-refractivity contribution in [1.82, 2.24) is 0 Å². The molecule has 0 atom stereocenters. The number of hydrogen-bond acceptors (Lipinski definition) is 5. The molecule has 0 aliphatic carbocycles. The van der Waals surface area contributed by atoms with Crippen LogP contribution >= 0.6 is 0 Å². The van der Waals surface area contributed by atoms with Crippen LogP contribution in [-0.2, 0) is 9.47 Å². The number of benzene rings is 1. The van der Waals surface area contributed by atoms with Gasteiger partial charge in [-0.25, -0.2) is 4.79 Å². The van der Waals surface area contributed by atoms with Crippen molar-refractivity contribution in [3.05, 3.63) is 23.8 Å². The minimum absolute atomic E-state index is 0.0531. The molecule has 1 rings (SSSR count). The monoisotopic (exact) mass is 253 g/mol. The molecule has 0 spiro atoms. The van der Waals surface area contributed by atoms with Crippen molar-refractivity contribution in [3.63, 3.8) is 0 Å². The van der Waals surface area contributed by atoms with Gasteiger partial charge in [-0.15, -0.1) is 0 Å². The lowest BCUT2D eigenvalue weighted by Gasteiger charge is -2.19. The minimum Gasteiger partial charge on any atom is -0.506 e. The zero-order valence-electron chi connectivity index (χ0n) is 10.9. The highest BCUT2D eigenvalue weighted by molar-refractivity contribution is 5.90. The van der Waals surface area contributed by atoms with Crippen LogP contribution in [0.1, 0.15) is 31.1 Å². The molecule has 0 aromatic heterocycles. The van der Waals surface area contributed by atoms with Crippen LogP contribution in [0.4, 0.5) is 5.69 Å². The van der Waals surface area contributed by atoms with Crippen LogP contribution in [0.15, 0.2) is 18.2 Å². The van der Waals surface area contributed by atoms with E-state index in [0.29, 0.717) is 12.2 Å². The van der Waals surface area contributed by atoms with E-state index in [4.69, 9.17) is 15.2 Å². The molecule has 0 aliphatic rings. The third-order valence-electron chi connectivity index (χ3n) is 2.11. The Kier molecular flexibility index (Phi) is 4.55. The second-order valence-corrected chi connectivity index (χ2v) is 4.87. The van der Waals surface area contributed by atoms with Crippen LogP contribution in [0.3, 0.4) is 0 Å². The maximum absolute atomic E-state index is 11.6. The molecule has 1 aromatic rings. The van der Waals surface area contributed by atoms with Crippen molar-refractivity contribution in [2.24, 2.45) is 0 Å². The Bertz CT molecular complexity index is 423. The number of nitrogens with two attached hydrogens (primary N) is 1. The summed E-state index contributed by atoms with van der Waals surface area (Å²) in [5.41, 5.74) is 5.69. The van der Waals surface area contributed by atoms with Gasteiger partial charge in [-0.1, -0.05) is 0 Å². The maximum atomic E-state index is 11.6. The third-order valence-corrected chi connectivity index (χ3v) is 2.11. The second-order valence-electron chi connectivity index (χ2n) is 4.87. The first-order valence-corrected chi connectivity index (χ1v) is 5.69. The molecule has 3 N–H and O–H groups in total. The van der Waals surface area contributed by atoms with Crippen LogP contribution < -0.4 is 5.73 Å². The standard InChI is InChI=1S/C13H19NO4/c1-13(2,3)18-7-6-17-12(16)9-4-5-11(15)10(14)8-9/h4-5,8,15H,6-7,14H2,1-3H3. The smallest absolute Gasteiger partial charge is 0.338 e. The Labute approximate surface area is 107 Å². The van der Waals surface area contributed by atoms with Gasteiger partial charge in [-0.05, 0) is 39.0 Å². The molecule has 0 amide bonds. The van der Waals surface area contributed by atoms with E-state index in [1.54, 1.807) is 0 Å². The highest BCUT2D eigenvalue weighted by atomic mass is 16.6. The minimum atomic E-state index is -0.487. The molecule has 0 saturated heterocycles. The fourth-order valence-corrected chi connectivity index (χ4v) is 1.25. The van der Waals surface area contributed by atoms with Crippen LogP contribution in [0, 0.1) is 0 Å². The molecule has 100 valence electrons.